The van der Waals surface area contributed by atoms with Crippen molar-refractivity contribution in [2.24, 2.45) is 5.41 Å². The number of rotatable bonds is 4. The van der Waals surface area contributed by atoms with Crippen molar-refractivity contribution >= 4 is 5.91 Å². The van der Waals surface area contributed by atoms with Gasteiger partial charge in [0.1, 0.15) is 5.41 Å². The van der Waals surface area contributed by atoms with E-state index in [1.807, 2.05) is 23.1 Å². The Hall–Kier alpha value is -3.01. The van der Waals surface area contributed by atoms with Gasteiger partial charge in [0.05, 0.1) is 23.9 Å². The number of aliphatic hydroxyl groups is 1. The molecule has 0 bridgehead atoms. The molecule has 6 nitrogen and oxygen atoms in total. The summed E-state index contributed by atoms with van der Waals surface area (Å²) in [6.07, 6.45) is 18.3. The molecule has 5 aliphatic rings. The van der Waals surface area contributed by atoms with Crippen LogP contribution in [0.15, 0.2) is 71.5 Å². The van der Waals surface area contributed by atoms with Gasteiger partial charge in [0.2, 0.25) is 0 Å². The summed E-state index contributed by atoms with van der Waals surface area (Å²) in [4.78, 5) is 22.6. The normalized spacial score (nSPS) is 31.6. The zero-order chi connectivity index (χ0) is 24.8. The van der Waals surface area contributed by atoms with Crippen LogP contribution < -0.4 is 0 Å². The van der Waals surface area contributed by atoms with Crippen LogP contribution in [0.3, 0.4) is 0 Å². The van der Waals surface area contributed by atoms with Crippen LogP contribution in [0.4, 0.5) is 0 Å². The fraction of sp³-hybridized carbons (Fsp3) is 0.500. The highest BCUT2D eigenvalue weighted by atomic mass is 16.3. The van der Waals surface area contributed by atoms with Gasteiger partial charge < -0.3 is 10.0 Å². The van der Waals surface area contributed by atoms with Crippen LogP contribution in [-0.4, -0.2) is 64.1 Å². The van der Waals surface area contributed by atoms with Gasteiger partial charge in [-0.3, -0.25) is 14.7 Å². The summed E-state index contributed by atoms with van der Waals surface area (Å²) in [5.74, 6) is 0.102. The molecule has 1 aromatic heterocycles. The Kier molecular flexibility index (Phi) is 5.94. The van der Waals surface area contributed by atoms with Crippen molar-refractivity contribution < 1.29 is 9.90 Å². The van der Waals surface area contributed by atoms with Crippen LogP contribution in [-0.2, 0) is 10.2 Å². The predicted octanol–water partition coefficient (Wildman–Crippen LogP) is 3.82. The van der Waals surface area contributed by atoms with Gasteiger partial charge in [0, 0.05) is 43.4 Å². The van der Waals surface area contributed by atoms with Crippen molar-refractivity contribution in [2.75, 3.05) is 26.2 Å². The van der Waals surface area contributed by atoms with E-state index in [4.69, 9.17) is 0 Å². The highest BCUT2D eigenvalue weighted by Crippen LogP contribution is 2.52. The van der Waals surface area contributed by atoms with Gasteiger partial charge in [0.25, 0.3) is 5.91 Å². The number of hydrogen-bond acceptors (Lipinski definition) is 5. The molecular weight excluding hydrogens is 448 g/mol. The Morgan fingerprint density at radius 2 is 2.00 bits per heavy atom. The molecule has 6 heteroatoms. The number of amides is 1. The maximum absolute atomic E-state index is 13.8. The zero-order valence-electron chi connectivity index (χ0n) is 20.8. The third kappa shape index (κ3) is 3.77. The van der Waals surface area contributed by atoms with Crippen LogP contribution in [0.5, 0.6) is 0 Å². The van der Waals surface area contributed by atoms with Gasteiger partial charge in [-0.2, -0.15) is 5.26 Å². The number of nitrogens with zero attached hydrogens (tertiary/aromatic N) is 4. The lowest BCUT2D eigenvalue weighted by Gasteiger charge is -2.39. The molecule has 186 valence electrons. The Balaban J connectivity index is 1.22. The minimum Gasteiger partial charge on any atom is -0.391 e. The second-order valence-corrected chi connectivity index (χ2v) is 11.2. The van der Waals surface area contributed by atoms with Crippen molar-refractivity contribution in [1.82, 2.24) is 14.8 Å². The highest BCUT2D eigenvalue weighted by molar-refractivity contribution is 6.00. The first-order valence-electron chi connectivity index (χ1n) is 13.4. The second kappa shape index (κ2) is 9.14. The van der Waals surface area contributed by atoms with Crippen molar-refractivity contribution in [3.05, 3.63) is 77.2 Å². The number of aromatic nitrogens is 1. The van der Waals surface area contributed by atoms with E-state index >= 15 is 0 Å². The average molecular weight is 483 g/mol. The molecule has 1 unspecified atom stereocenters. The van der Waals surface area contributed by atoms with E-state index in [1.165, 1.54) is 5.57 Å². The summed E-state index contributed by atoms with van der Waals surface area (Å²) in [5.41, 5.74) is 3.33. The molecule has 1 aromatic rings. The summed E-state index contributed by atoms with van der Waals surface area (Å²) >= 11 is 0. The van der Waals surface area contributed by atoms with Crippen LogP contribution in [0.25, 0.3) is 0 Å². The van der Waals surface area contributed by atoms with E-state index in [0.717, 1.165) is 81.4 Å². The van der Waals surface area contributed by atoms with Crippen LogP contribution in [0, 0.1) is 16.7 Å². The Morgan fingerprint density at radius 1 is 1.17 bits per heavy atom. The third-order valence-corrected chi connectivity index (χ3v) is 9.13. The predicted molar refractivity (Wildman–Crippen MR) is 138 cm³/mol. The number of carbonyl (C=O) groups is 1. The largest absolute Gasteiger partial charge is 0.391 e. The number of allylic oxidation sites excluding steroid dienone is 4. The van der Waals surface area contributed by atoms with Crippen molar-refractivity contribution in [3.63, 3.8) is 0 Å². The SMILES string of the molecule is N#CC1(c2ccccn2)CCN(CC2=CC3=CC=CCC34CN([C@H]3CCCC[C@@H]3O)C(=O)C4=C2)CC1. The van der Waals surface area contributed by atoms with Gasteiger partial charge in [-0.1, -0.05) is 43.2 Å². The number of nitriles is 1. The summed E-state index contributed by atoms with van der Waals surface area (Å²) in [6.45, 7) is 3.08. The van der Waals surface area contributed by atoms with Crippen molar-refractivity contribution in [3.8, 4) is 6.07 Å². The van der Waals surface area contributed by atoms with E-state index in [2.05, 4.69) is 46.3 Å². The van der Waals surface area contributed by atoms with Crippen LogP contribution in [0.1, 0.15) is 50.6 Å². The van der Waals surface area contributed by atoms with Crippen molar-refractivity contribution in [1.29, 1.82) is 5.26 Å². The molecule has 3 aliphatic carbocycles. The number of carbonyl (C=O) groups excluding carboxylic acids is 1. The summed E-state index contributed by atoms with van der Waals surface area (Å²) in [5, 5.41) is 20.7. The summed E-state index contributed by atoms with van der Waals surface area (Å²) in [6, 6.07) is 8.31. The standard InChI is InChI=1S/C30H34N4O2/c31-20-29(27-10-4-6-14-32-27)12-15-33(16-13-29)19-22-17-23-7-3-5-11-30(23)21-34(28(36)24(30)18-22)25-8-1-2-9-26(25)35/h3-7,10,14,17-18,25-26,35H,1-2,8-9,11-13,15-16,19,21H2/t25-,26-,30?/m0/s1. The lowest BCUT2D eigenvalue weighted by atomic mass is 9.67. The number of aliphatic hydroxyl groups excluding tert-OH is 1. The van der Waals surface area contributed by atoms with E-state index in [-0.39, 0.29) is 17.4 Å². The fourth-order valence-electron chi connectivity index (χ4n) is 7.00. The summed E-state index contributed by atoms with van der Waals surface area (Å²) in [7, 11) is 0. The lowest BCUT2D eigenvalue weighted by Crippen LogP contribution is -2.47. The minimum absolute atomic E-state index is 0.0736. The average Bonchev–Trinajstić information content (AvgIpc) is 3.20. The van der Waals surface area contributed by atoms with E-state index in [1.54, 1.807) is 6.20 Å². The molecule has 3 heterocycles. The number of hydrogen-bond donors (Lipinski definition) is 1. The van der Waals surface area contributed by atoms with Gasteiger partial charge in [0.15, 0.2) is 0 Å². The van der Waals surface area contributed by atoms with Gasteiger partial charge in [-0.25, -0.2) is 0 Å². The van der Waals surface area contributed by atoms with E-state index in [0.29, 0.717) is 6.54 Å². The first-order valence-corrected chi connectivity index (χ1v) is 13.4. The molecule has 3 atom stereocenters. The highest BCUT2D eigenvalue weighted by Gasteiger charge is 2.53. The number of likely N-dealkylation sites (tertiary alicyclic amines) is 2. The Bertz CT molecular complexity index is 1200. The minimum atomic E-state index is -0.522. The van der Waals surface area contributed by atoms with Gasteiger partial charge in [-0.05, 0) is 61.5 Å². The third-order valence-electron chi connectivity index (χ3n) is 9.13. The summed E-state index contributed by atoms with van der Waals surface area (Å²) < 4.78 is 0. The smallest absolute Gasteiger partial charge is 0.251 e. The maximum Gasteiger partial charge on any atom is 0.251 e. The molecular formula is C30H34N4O2. The molecule has 1 amide bonds. The fourth-order valence-corrected chi connectivity index (χ4v) is 7.00. The monoisotopic (exact) mass is 482 g/mol. The molecule has 1 spiro atoms. The maximum atomic E-state index is 13.8. The molecule has 6 rings (SSSR count). The number of piperidine rings is 1. The molecule has 1 N–H and O–H groups in total. The molecule has 2 aliphatic heterocycles. The first-order chi connectivity index (χ1) is 17.5. The molecule has 2 saturated heterocycles. The van der Waals surface area contributed by atoms with Crippen molar-refractivity contribution in [2.45, 2.75) is 62.5 Å². The zero-order valence-corrected chi connectivity index (χ0v) is 20.8. The Morgan fingerprint density at radius 3 is 2.75 bits per heavy atom. The molecule has 36 heavy (non-hydrogen) atoms. The lowest BCUT2D eigenvalue weighted by molar-refractivity contribution is -0.130. The van der Waals surface area contributed by atoms with E-state index < -0.39 is 11.5 Å². The topological polar surface area (TPSA) is 80.5 Å². The van der Waals surface area contributed by atoms with E-state index in [9.17, 15) is 15.2 Å². The second-order valence-electron chi connectivity index (χ2n) is 11.2. The molecule has 0 radical (unpaired) electrons. The molecule has 3 fully saturated rings. The quantitative estimate of drug-likeness (QED) is 0.706. The first kappa shape index (κ1) is 23.4. The number of pyridine rings is 1. The van der Waals surface area contributed by atoms with Gasteiger partial charge in [-0.15, -0.1) is 0 Å². The molecule has 1 saturated carbocycles. The van der Waals surface area contributed by atoms with Gasteiger partial charge >= 0.3 is 0 Å². The molecule has 0 aromatic carbocycles. The van der Waals surface area contributed by atoms with Crippen LogP contribution in [0.2, 0.25) is 0 Å². The van der Waals surface area contributed by atoms with Crippen LogP contribution >= 0.6 is 0 Å². The Labute approximate surface area is 213 Å².